The first-order valence-corrected chi connectivity index (χ1v) is 6.51. The van der Waals surface area contributed by atoms with Gasteiger partial charge in [-0.15, -0.1) is 0 Å². The van der Waals surface area contributed by atoms with Crippen molar-refractivity contribution in [3.63, 3.8) is 0 Å². The minimum atomic E-state index is -0.0789. The number of rotatable bonds is 7. The molecule has 1 rings (SSSR count). The Kier molecular flexibility index (Phi) is 5.57. The van der Waals surface area contributed by atoms with Gasteiger partial charge in [0.1, 0.15) is 5.69 Å². The summed E-state index contributed by atoms with van der Waals surface area (Å²) in [6.45, 7) is 8.54. The smallest absolute Gasteiger partial charge is 0.183 e. The van der Waals surface area contributed by atoms with Gasteiger partial charge in [0.15, 0.2) is 11.5 Å². The number of nitrogens with two attached hydrogens (primary N) is 1. The highest BCUT2D eigenvalue weighted by molar-refractivity contribution is 5.42. The van der Waals surface area contributed by atoms with E-state index in [1.165, 1.54) is 0 Å². The van der Waals surface area contributed by atoms with Crippen LogP contribution >= 0.6 is 0 Å². The van der Waals surface area contributed by atoms with Crippen LogP contribution in [0.15, 0.2) is 12.3 Å². The molecule has 0 aliphatic rings. The number of hydrogen-bond acceptors (Lipinski definition) is 5. The molecular weight excluding hydrogens is 242 g/mol. The van der Waals surface area contributed by atoms with Crippen LogP contribution in [0.3, 0.4) is 0 Å². The fourth-order valence-corrected chi connectivity index (χ4v) is 2.03. The van der Waals surface area contributed by atoms with Crippen LogP contribution in [0.4, 0.5) is 0 Å². The van der Waals surface area contributed by atoms with Gasteiger partial charge >= 0.3 is 0 Å². The van der Waals surface area contributed by atoms with Crippen LogP contribution in [0.1, 0.15) is 26.5 Å². The van der Waals surface area contributed by atoms with Gasteiger partial charge in [0.25, 0.3) is 0 Å². The summed E-state index contributed by atoms with van der Waals surface area (Å²) in [6.07, 6.45) is 1.74. The Balaban J connectivity index is 3.04. The van der Waals surface area contributed by atoms with Crippen molar-refractivity contribution >= 4 is 0 Å². The summed E-state index contributed by atoms with van der Waals surface area (Å²) in [4.78, 5) is 6.68. The maximum atomic E-state index is 5.85. The number of methoxy groups -OCH3 is 2. The summed E-state index contributed by atoms with van der Waals surface area (Å²) in [5.41, 5.74) is 6.63. The lowest BCUT2D eigenvalue weighted by atomic mass is 10.0. The molecule has 0 spiro atoms. The molecule has 2 N–H and O–H groups in total. The molecule has 19 heavy (non-hydrogen) atoms. The fraction of sp³-hybridized carbons (Fsp3) is 0.643. The van der Waals surface area contributed by atoms with E-state index in [9.17, 15) is 0 Å². The highest BCUT2D eigenvalue weighted by Crippen LogP contribution is 2.30. The molecule has 0 fully saturated rings. The van der Waals surface area contributed by atoms with Crippen molar-refractivity contribution in [2.24, 2.45) is 5.73 Å². The van der Waals surface area contributed by atoms with Crippen molar-refractivity contribution in [2.75, 3.05) is 27.3 Å². The van der Waals surface area contributed by atoms with Crippen LogP contribution in [0.2, 0.25) is 0 Å². The Morgan fingerprint density at radius 3 is 2.47 bits per heavy atom. The second kappa shape index (κ2) is 6.73. The lowest BCUT2D eigenvalue weighted by molar-refractivity contribution is 0.122. The average Bonchev–Trinajstić information content (AvgIpc) is 2.43. The Bertz CT molecular complexity index is 408. The fourth-order valence-electron chi connectivity index (χ4n) is 2.03. The molecule has 1 aromatic heterocycles. The van der Waals surface area contributed by atoms with Gasteiger partial charge in [-0.25, -0.2) is 0 Å². The van der Waals surface area contributed by atoms with Gasteiger partial charge in [0.2, 0.25) is 0 Å². The Morgan fingerprint density at radius 2 is 2.00 bits per heavy atom. The molecule has 108 valence electrons. The Morgan fingerprint density at radius 1 is 1.32 bits per heavy atom. The van der Waals surface area contributed by atoms with E-state index < -0.39 is 0 Å². The summed E-state index contributed by atoms with van der Waals surface area (Å²) in [5, 5.41) is 0. The number of pyridine rings is 1. The van der Waals surface area contributed by atoms with E-state index in [1.807, 2.05) is 0 Å². The summed E-state index contributed by atoms with van der Waals surface area (Å²) in [5.74, 6) is 1.39. The van der Waals surface area contributed by atoms with Crippen molar-refractivity contribution in [1.29, 1.82) is 0 Å². The Labute approximate surface area is 115 Å². The number of hydrogen-bond donors (Lipinski definition) is 1. The highest BCUT2D eigenvalue weighted by atomic mass is 16.5. The zero-order valence-electron chi connectivity index (χ0n) is 12.6. The maximum Gasteiger partial charge on any atom is 0.183 e. The minimum Gasteiger partial charge on any atom is -0.493 e. The lowest BCUT2D eigenvalue weighted by Gasteiger charge is -2.37. The summed E-state index contributed by atoms with van der Waals surface area (Å²) in [7, 11) is 3.26. The largest absolute Gasteiger partial charge is 0.493 e. The molecule has 1 heterocycles. The second-order valence-electron chi connectivity index (χ2n) is 5.02. The van der Waals surface area contributed by atoms with Crippen LogP contribution in [0, 0.1) is 0 Å². The van der Waals surface area contributed by atoms with Crippen molar-refractivity contribution in [3.8, 4) is 11.5 Å². The van der Waals surface area contributed by atoms with Crippen LogP contribution in [-0.4, -0.2) is 42.7 Å². The molecule has 0 atom stereocenters. The highest BCUT2D eigenvalue weighted by Gasteiger charge is 2.25. The van der Waals surface area contributed by atoms with Gasteiger partial charge < -0.3 is 15.2 Å². The van der Waals surface area contributed by atoms with Gasteiger partial charge in [-0.3, -0.25) is 9.88 Å². The standard InChI is InChI=1S/C14H25N3O2/c1-6-17(14(2,3)10-15)9-11-13(19-5)12(18-4)7-8-16-11/h7-8H,6,9-10,15H2,1-5H3. The molecule has 0 saturated heterocycles. The molecule has 0 bridgehead atoms. The third-order valence-corrected chi connectivity index (χ3v) is 3.44. The average molecular weight is 267 g/mol. The predicted octanol–water partition coefficient (Wildman–Crippen LogP) is 1.66. The number of ether oxygens (including phenoxy) is 2. The van der Waals surface area contributed by atoms with E-state index in [-0.39, 0.29) is 5.54 Å². The molecule has 0 aliphatic heterocycles. The molecular formula is C14H25N3O2. The third-order valence-electron chi connectivity index (χ3n) is 3.44. The van der Waals surface area contributed by atoms with E-state index in [2.05, 4.69) is 30.7 Å². The van der Waals surface area contributed by atoms with E-state index in [0.29, 0.717) is 24.6 Å². The normalized spacial score (nSPS) is 11.7. The topological polar surface area (TPSA) is 60.6 Å². The van der Waals surface area contributed by atoms with Crippen molar-refractivity contribution in [3.05, 3.63) is 18.0 Å². The van der Waals surface area contributed by atoms with Gasteiger partial charge in [-0.2, -0.15) is 0 Å². The maximum absolute atomic E-state index is 5.85. The van der Waals surface area contributed by atoms with E-state index in [1.54, 1.807) is 26.5 Å². The van der Waals surface area contributed by atoms with Crippen LogP contribution in [-0.2, 0) is 6.54 Å². The molecule has 0 radical (unpaired) electrons. The van der Waals surface area contributed by atoms with Gasteiger partial charge in [-0.05, 0) is 20.4 Å². The van der Waals surface area contributed by atoms with Gasteiger partial charge in [0, 0.05) is 30.9 Å². The predicted molar refractivity (Wildman–Crippen MR) is 76.6 cm³/mol. The summed E-state index contributed by atoms with van der Waals surface area (Å²) >= 11 is 0. The SMILES string of the molecule is CCN(Cc1nccc(OC)c1OC)C(C)(C)CN. The quantitative estimate of drug-likeness (QED) is 0.814. The van der Waals surface area contributed by atoms with E-state index in [4.69, 9.17) is 15.2 Å². The molecule has 0 saturated carbocycles. The summed E-state index contributed by atoms with van der Waals surface area (Å²) in [6, 6.07) is 1.80. The first kappa shape index (κ1) is 15.7. The molecule has 0 aromatic carbocycles. The molecule has 0 aliphatic carbocycles. The zero-order chi connectivity index (χ0) is 14.5. The monoisotopic (exact) mass is 267 g/mol. The van der Waals surface area contributed by atoms with Crippen LogP contribution in [0.5, 0.6) is 11.5 Å². The van der Waals surface area contributed by atoms with Crippen LogP contribution < -0.4 is 15.2 Å². The third kappa shape index (κ3) is 3.58. The summed E-state index contributed by atoms with van der Waals surface area (Å²) < 4.78 is 10.7. The molecule has 5 nitrogen and oxygen atoms in total. The van der Waals surface area contributed by atoms with E-state index in [0.717, 1.165) is 12.2 Å². The number of likely N-dealkylation sites (N-methyl/N-ethyl adjacent to an activating group) is 1. The molecule has 1 aromatic rings. The van der Waals surface area contributed by atoms with Crippen molar-refractivity contribution in [1.82, 2.24) is 9.88 Å². The van der Waals surface area contributed by atoms with Gasteiger partial charge in [0.05, 0.1) is 14.2 Å². The number of aromatic nitrogens is 1. The molecule has 0 unspecified atom stereocenters. The first-order chi connectivity index (χ1) is 9.00. The van der Waals surface area contributed by atoms with Crippen LogP contribution in [0.25, 0.3) is 0 Å². The van der Waals surface area contributed by atoms with Crippen molar-refractivity contribution < 1.29 is 9.47 Å². The first-order valence-electron chi connectivity index (χ1n) is 6.51. The molecule has 5 heteroatoms. The molecule has 0 amide bonds. The zero-order valence-corrected chi connectivity index (χ0v) is 12.6. The van der Waals surface area contributed by atoms with E-state index >= 15 is 0 Å². The van der Waals surface area contributed by atoms with Crippen molar-refractivity contribution in [2.45, 2.75) is 32.9 Å². The number of nitrogens with zero attached hydrogens (tertiary/aromatic N) is 2. The Hall–Kier alpha value is -1.33. The van der Waals surface area contributed by atoms with Gasteiger partial charge in [-0.1, -0.05) is 6.92 Å². The lowest BCUT2D eigenvalue weighted by Crippen LogP contribution is -2.48. The second-order valence-corrected chi connectivity index (χ2v) is 5.02. The minimum absolute atomic E-state index is 0.0789.